The largest absolute Gasteiger partial charge is 0.477 e. The Morgan fingerprint density at radius 1 is 1.32 bits per heavy atom. The molecule has 0 unspecified atom stereocenters. The van der Waals surface area contributed by atoms with Gasteiger partial charge in [0.15, 0.2) is 0 Å². The molecule has 4 rings (SSSR count). The third-order valence-corrected chi connectivity index (χ3v) is 5.08. The number of hydrogen-bond acceptors (Lipinski definition) is 6. The molecule has 0 amide bonds. The van der Waals surface area contributed by atoms with Crippen LogP contribution < -0.4 is 4.74 Å². The average molecular weight is 336 g/mol. The van der Waals surface area contributed by atoms with E-state index in [4.69, 9.17) is 14.7 Å². The summed E-state index contributed by atoms with van der Waals surface area (Å²) < 4.78 is 11.7. The van der Waals surface area contributed by atoms with E-state index >= 15 is 0 Å². The van der Waals surface area contributed by atoms with E-state index in [9.17, 15) is 0 Å². The van der Waals surface area contributed by atoms with Crippen LogP contribution in [-0.4, -0.2) is 47.8 Å². The van der Waals surface area contributed by atoms with Gasteiger partial charge in [0.25, 0.3) is 0 Å². The fourth-order valence-corrected chi connectivity index (χ4v) is 3.74. The molecule has 0 saturated carbocycles. The number of fused-ring (bicyclic) bond motifs is 1. The first-order chi connectivity index (χ1) is 12.3. The Labute approximate surface area is 147 Å². The lowest BCUT2D eigenvalue weighted by molar-refractivity contribution is 0.0879. The minimum atomic E-state index is 0.00433. The maximum atomic E-state index is 8.85. The molecule has 2 saturated heterocycles. The van der Waals surface area contributed by atoms with Crippen LogP contribution in [0.3, 0.4) is 0 Å². The van der Waals surface area contributed by atoms with Crippen molar-refractivity contribution >= 4 is 0 Å². The van der Waals surface area contributed by atoms with Crippen LogP contribution in [0.5, 0.6) is 5.88 Å². The Balaban J connectivity index is 1.41. The number of nitriles is 1. The SMILES string of the molecule is N#Cc1ccc(OC[C@]23COC[C@H]2CN(Cc2ccccn2)C3)nc1. The predicted octanol–water partition coefficient (Wildman–Crippen LogP) is 1.88. The minimum absolute atomic E-state index is 0.00433. The minimum Gasteiger partial charge on any atom is -0.477 e. The highest BCUT2D eigenvalue weighted by Crippen LogP contribution is 2.42. The number of likely N-dealkylation sites (tertiary alicyclic amines) is 1. The molecular formula is C19H20N4O2. The van der Waals surface area contributed by atoms with E-state index in [0.29, 0.717) is 30.6 Å². The molecule has 2 aliphatic heterocycles. The molecule has 2 atom stereocenters. The Morgan fingerprint density at radius 2 is 2.28 bits per heavy atom. The van der Waals surface area contributed by atoms with Gasteiger partial charge in [0.1, 0.15) is 6.07 Å². The Bertz CT molecular complexity index is 759. The molecular weight excluding hydrogens is 316 g/mol. The maximum absolute atomic E-state index is 8.85. The van der Waals surface area contributed by atoms with Gasteiger partial charge in [-0.1, -0.05) is 6.07 Å². The Morgan fingerprint density at radius 3 is 3.04 bits per heavy atom. The second-order valence-electron chi connectivity index (χ2n) is 6.85. The highest BCUT2D eigenvalue weighted by Gasteiger charge is 2.51. The van der Waals surface area contributed by atoms with Gasteiger partial charge < -0.3 is 9.47 Å². The van der Waals surface area contributed by atoms with Crippen molar-refractivity contribution in [2.45, 2.75) is 6.54 Å². The fourth-order valence-electron chi connectivity index (χ4n) is 3.74. The quantitative estimate of drug-likeness (QED) is 0.830. The monoisotopic (exact) mass is 336 g/mol. The van der Waals surface area contributed by atoms with Gasteiger partial charge in [-0.3, -0.25) is 9.88 Å². The standard InChI is InChI=1S/C19H20N4O2/c20-7-15-4-5-18(22-8-15)25-14-19-12-23(9-16(19)11-24-13-19)10-17-3-1-2-6-21-17/h1-6,8,16H,9-14H2/t16-,19+/m1/s1. The second kappa shape index (κ2) is 6.79. The van der Waals surface area contributed by atoms with Crippen LogP contribution in [0.1, 0.15) is 11.3 Å². The highest BCUT2D eigenvalue weighted by atomic mass is 16.5. The van der Waals surface area contributed by atoms with Gasteiger partial charge in [0.2, 0.25) is 5.88 Å². The van der Waals surface area contributed by atoms with E-state index < -0.39 is 0 Å². The average Bonchev–Trinajstić information content (AvgIpc) is 3.18. The molecule has 6 nitrogen and oxygen atoms in total. The van der Waals surface area contributed by atoms with Gasteiger partial charge >= 0.3 is 0 Å². The number of hydrogen-bond donors (Lipinski definition) is 0. The van der Waals surface area contributed by atoms with Gasteiger partial charge in [-0.2, -0.15) is 5.26 Å². The zero-order valence-electron chi connectivity index (χ0n) is 14.0. The third-order valence-electron chi connectivity index (χ3n) is 5.08. The van der Waals surface area contributed by atoms with E-state index in [1.807, 2.05) is 18.3 Å². The van der Waals surface area contributed by atoms with E-state index in [1.54, 1.807) is 12.1 Å². The van der Waals surface area contributed by atoms with Crippen molar-refractivity contribution in [3.63, 3.8) is 0 Å². The van der Waals surface area contributed by atoms with Crippen molar-refractivity contribution in [1.82, 2.24) is 14.9 Å². The summed E-state index contributed by atoms with van der Waals surface area (Å²) in [6.45, 7) is 4.87. The summed E-state index contributed by atoms with van der Waals surface area (Å²) >= 11 is 0. The first-order valence-corrected chi connectivity index (χ1v) is 8.46. The van der Waals surface area contributed by atoms with Crippen LogP contribution in [0.2, 0.25) is 0 Å². The molecule has 4 heterocycles. The molecule has 0 radical (unpaired) electrons. The third kappa shape index (κ3) is 3.34. The van der Waals surface area contributed by atoms with Crippen molar-refractivity contribution in [3.8, 4) is 11.9 Å². The molecule has 2 aliphatic rings. The van der Waals surface area contributed by atoms with Gasteiger partial charge in [-0.05, 0) is 18.2 Å². The first kappa shape index (κ1) is 16.0. The number of aromatic nitrogens is 2. The molecule has 6 heteroatoms. The van der Waals surface area contributed by atoms with Gasteiger partial charge in [-0.25, -0.2) is 4.98 Å². The normalized spacial score (nSPS) is 25.5. The summed E-state index contributed by atoms with van der Waals surface area (Å²) in [5.74, 6) is 1.02. The van der Waals surface area contributed by atoms with Gasteiger partial charge in [0, 0.05) is 49.4 Å². The maximum Gasteiger partial charge on any atom is 0.213 e. The van der Waals surface area contributed by atoms with Crippen molar-refractivity contribution in [3.05, 3.63) is 54.0 Å². The molecule has 25 heavy (non-hydrogen) atoms. The van der Waals surface area contributed by atoms with E-state index in [1.165, 1.54) is 6.20 Å². The molecule has 0 aliphatic carbocycles. The number of nitrogens with zero attached hydrogens (tertiary/aromatic N) is 4. The summed E-state index contributed by atoms with van der Waals surface area (Å²) in [5, 5.41) is 8.85. The van der Waals surface area contributed by atoms with Crippen LogP contribution in [-0.2, 0) is 11.3 Å². The number of ether oxygens (including phenoxy) is 2. The fraction of sp³-hybridized carbons (Fsp3) is 0.421. The topological polar surface area (TPSA) is 71.3 Å². The smallest absolute Gasteiger partial charge is 0.213 e. The van der Waals surface area contributed by atoms with Crippen LogP contribution in [0.25, 0.3) is 0 Å². The lowest BCUT2D eigenvalue weighted by Crippen LogP contribution is -2.37. The lowest BCUT2D eigenvalue weighted by atomic mass is 9.82. The summed E-state index contributed by atoms with van der Waals surface area (Å²) in [6, 6.07) is 11.6. The molecule has 2 fully saturated rings. The summed E-state index contributed by atoms with van der Waals surface area (Å²) in [4.78, 5) is 11.1. The van der Waals surface area contributed by atoms with Gasteiger partial charge in [-0.15, -0.1) is 0 Å². The number of rotatable bonds is 5. The van der Waals surface area contributed by atoms with Crippen LogP contribution in [0, 0.1) is 22.7 Å². The summed E-state index contributed by atoms with van der Waals surface area (Å²) in [5.41, 5.74) is 1.63. The zero-order valence-corrected chi connectivity index (χ0v) is 14.0. The van der Waals surface area contributed by atoms with E-state index in [2.05, 4.69) is 27.0 Å². The van der Waals surface area contributed by atoms with E-state index in [0.717, 1.165) is 31.9 Å². The zero-order chi connectivity index (χ0) is 17.1. The molecule has 0 spiro atoms. The van der Waals surface area contributed by atoms with Crippen molar-refractivity contribution in [2.75, 3.05) is 32.9 Å². The highest BCUT2D eigenvalue weighted by molar-refractivity contribution is 5.28. The van der Waals surface area contributed by atoms with Crippen molar-refractivity contribution in [2.24, 2.45) is 11.3 Å². The molecule has 128 valence electrons. The van der Waals surface area contributed by atoms with E-state index in [-0.39, 0.29) is 5.41 Å². The van der Waals surface area contributed by atoms with Crippen LogP contribution in [0.15, 0.2) is 42.7 Å². The first-order valence-electron chi connectivity index (χ1n) is 8.46. The second-order valence-corrected chi connectivity index (χ2v) is 6.85. The van der Waals surface area contributed by atoms with Crippen LogP contribution in [0.4, 0.5) is 0 Å². The number of pyridine rings is 2. The summed E-state index contributed by atoms with van der Waals surface area (Å²) in [7, 11) is 0. The Hall–Kier alpha value is -2.49. The van der Waals surface area contributed by atoms with Crippen LogP contribution >= 0.6 is 0 Å². The van der Waals surface area contributed by atoms with Crippen molar-refractivity contribution in [1.29, 1.82) is 5.26 Å². The van der Waals surface area contributed by atoms with Gasteiger partial charge in [0.05, 0.1) is 31.1 Å². The molecule has 0 bridgehead atoms. The molecule has 2 aromatic heterocycles. The molecule has 2 aromatic rings. The predicted molar refractivity (Wildman–Crippen MR) is 90.7 cm³/mol. The molecule has 0 aromatic carbocycles. The molecule has 0 N–H and O–H groups in total. The lowest BCUT2D eigenvalue weighted by Gasteiger charge is -2.27. The van der Waals surface area contributed by atoms with Crippen molar-refractivity contribution < 1.29 is 9.47 Å². The Kier molecular flexibility index (Phi) is 4.35. The summed E-state index contributed by atoms with van der Waals surface area (Å²) in [6.07, 6.45) is 3.38.